The van der Waals surface area contributed by atoms with Crippen molar-refractivity contribution in [3.8, 4) is 11.5 Å². The van der Waals surface area contributed by atoms with E-state index in [0.717, 1.165) is 11.3 Å². The van der Waals surface area contributed by atoms with Gasteiger partial charge in [0.25, 0.3) is 0 Å². The fourth-order valence-corrected chi connectivity index (χ4v) is 2.95. The lowest BCUT2D eigenvalue weighted by Crippen LogP contribution is -2.29. The van der Waals surface area contributed by atoms with Crippen molar-refractivity contribution in [3.63, 3.8) is 0 Å². The average Bonchev–Trinajstić information content (AvgIpc) is 2.70. The molecular formula is C23H21ClN2O3. The van der Waals surface area contributed by atoms with E-state index >= 15 is 0 Å². The molecule has 3 rings (SSSR count). The van der Waals surface area contributed by atoms with Gasteiger partial charge in [0, 0.05) is 17.6 Å². The summed E-state index contributed by atoms with van der Waals surface area (Å²) < 4.78 is 5.74. The maximum atomic E-state index is 12.5. The smallest absolute Gasteiger partial charge is 0.226 e. The predicted molar refractivity (Wildman–Crippen MR) is 114 cm³/mol. The molecule has 0 fully saturated rings. The summed E-state index contributed by atoms with van der Waals surface area (Å²) in [5.41, 5.74) is 1.46. The summed E-state index contributed by atoms with van der Waals surface area (Å²) in [4.78, 5) is 24.0. The van der Waals surface area contributed by atoms with Gasteiger partial charge in [-0.1, -0.05) is 41.9 Å². The Morgan fingerprint density at radius 3 is 2.14 bits per heavy atom. The Kier molecular flexibility index (Phi) is 6.87. The molecule has 5 nitrogen and oxygen atoms in total. The minimum Gasteiger partial charge on any atom is -0.457 e. The number of rotatable bonds is 7. The zero-order valence-electron chi connectivity index (χ0n) is 15.9. The van der Waals surface area contributed by atoms with Crippen LogP contribution in [0.2, 0.25) is 5.02 Å². The first-order valence-corrected chi connectivity index (χ1v) is 9.53. The molecule has 0 radical (unpaired) electrons. The summed E-state index contributed by atoms with van der Waals surface area (Å²) in [5, 5.41) is 6.25. The van der Waals surface area contributed by atoms with Crippen LogP contribution in [-0.4, -0.2) is 11.8 Å². The minimum absolute atomic E-state index is 0.101. The lowest BCUT2D eigenvalue weighted by molar-refractivity contribution is -0.120. The van der Waals surface area contributed by atoms with Gasteiger partial charge in [-0.15, -0.1) is 0 Å². The maximum absolute atomic E-state index is 12.5. The highest BCUT2D eigenvalue weighted by molar-refractivity contribution is 6.30. The van der Waals surface area contributed by atoms with E-state index in [2.05, 4.69) is 10.6 Å². The highest BCUT2D eigenvalue weighted by atomic mass is 35.5. The Hall–Kier alpha value is -3.31. The van der Waals surface area contributed by atoms with Gasteiger partial charge in [0.1, 0.15) is 11.5 Å². The van der Waals surface area contributed by atoms with Gasteiger partial charge in [-0.25, -0.2) is 0 Å². The molecular weight excluding hydrogens is 388 g/mol. The SMILES string of the molecule is CC(=O)NC(CC(=O)Nc1ccc(Oc2ccccc2)cc1)c1ccc(Cl)cc1. The van der Waals surface area contributed by atoms with E-state index in [4.69, 9.17) is 16.3 Å². The number of hydrogen-bond acceptors (Lipinski definition) is 3. The van der Waals surface area contributed by atoms with E-state index in [1.165, 1.54) is 6.92 Å². The molecule has 3 aromatic carbocycles. The molecule has 0 bridgehead atoms. The number of benzene rings is 3. The van der Waals surface area contributed by atoms with Crippen LogP contribution in [0.1, 0.15) is 24.9 Å². The highest BCUT2D eigenvalue weighted by Crippen LogP contribution is 2.24. The molecule has 3 aromatic rings. The van der Waals surface area contributed by atoms with Crippen molar-refractivity contribution in [2.75, 3.05) is 5.32 Å². The fraction of sp³-hybridized carbons (Fsp3) is 0.130. The summed E-state index contributed by atoms with van der Waals surface area (Å²) >= 11 is 5.92. The van der Waals surface area contributed by atoms with Crippen LogP contribution in [-0.2, 0) is 9.59 Å². The normalized spacial score (nSPS) is 11.4. The zero-order valence-corrected chi connectivity index (χ0v) is 16.6. The number of carbonyl (C=O) groups is 2. The molecule has 0 aliphatic rings. The molecule has 0 aromatic heterocycles. The number of halogens is 1. The number of hydrogen-bond donors (Lipinski definition) is 2. The van der Waals surface area contributed by atoms with Crippen LogP contribution in [0.3, 0.4) is 0 Å². The van der Waals surface area contributed by atoms with Crippen LogP contribution in [0.25, 0.3) is 0 Å². The van der Waals surface area contributed by atoms with Gasteiger partial charge >= 0.3 is 0 Å². The van der Waals surface area contributed by atoms with Gasteiger partial charge in [-0.05, 0) is 54.1 Å². The lowest BCUT2D eigenvalue weighted by Gasteiger charge is -2.18. The van der Waals surface area contributed by atoms with E-state index in [1.54, 1.807) is 48.5 Å². The fourth-order valence-electron chi connectivity index (χ4n) is 2.82. The molecule has 29 heavy (non-hydrogen) atoms. The van der Waals surface area contributed by atoms with E-state index in [-0.39, 0.29) is 18.2 Å². The summed E-state index contributed by atoms with van der Waals surface area (Å²) in [6, 6.07) is 23.2. The predicted octanol–water partition coefficient (Wildman–Crippen LogP) is 5.34. The molecule has 0 spiro atoms. The standard InChI is InChI=1S/C23H21ClN2O3/c1-16(27)25-22(17-7-9-18(24)10-8-17)15-23(28)26-19-11-13-21(14-12-19)29-20-5-3-2-4-6-20/h2-14,22H,15H2,1H3,(H,25,27)(H,26,28). The third kappa shape index (κ3) is 6.36. The first kappa shape index (κ1) is 20.4. The molecule has 0 saturated heterocycles. The summed E-state index contributed by atoms with van der Waals surface area (Å²) in [6.45, 7) is 1.42. The third-order valence-electron chi connectivity index (χ3n) is 4.16. The van der Waals surface area contributed by atoms with Gasteiger partial charge < -0.3 is 15.4 Å². The van der Waals surface area contributed by atoms with E-state index in [0.29, 0.717) is 16.5 Å². The van der Waals surface area contributed by atoms with Crippen molar-refractivity contribution in [2.45, 2.75) is 19.4 Å². The molecule has 1 atom stereocenters. The number of carbonyl (C=O) groups excluding carboxylic acids is 2. The molecule has 0 aliphatic heterocycles. The molecule has 0 heterocycles. The number of amides is 2. The Bertz CT molecular complexity index is 958. The second kappa shape index (κ2) is 9.75. The van der Waals surface area contributed by atoms with Crippen molar-refractivity contribution in [1.82, 2.24) is 5.32 Å². The molecule has 2 amide bonds. The Balaban J connectivity index is 1.62. The van der Waals surface area contributed by atoms with E-state index in [1.807, 2.05) is 30.3 Å². The first-order chi connectivity index (χ1) is 14.0. The third-order valence-corrected chi connectivity index (χ3v) is 4.41. The summed E-state index contributed by atoms with van der Waals surface area (Å²) in [5.74, 6) is 0.993. The van der Waals surface area contributed by atoms with Crippen molar-refractivity contribution < 1.29 is 14.3 Å². The number of para-hydroxylation sites is 1. The zero-order chi connectivity index (χ0) is 20.6. The van der Waals surface area contributed by atoms with Crippen LogP contribution in [0.15, 0.2) is 78.9 Å². The Labute approximate surface area is 174 Å². The Morgan fingerprint density at radius 2 is 1.52 bits per heavy atom. The van der Waals surface area contributed by atoms with Crippen LogP contribution >= 0.6 is 11.6 Å². The van der Waals surface area contributed by atoms with Crippen LogP contribution < -0.4 is 15.4 Å². The quantitative estimate of drug-likeness (QED) is 0.554. The summed E-state index contributed by atoms with van der Waals surface area (Å²) in [6.07, 6.45) is 0.101. The second-order valence-corrected chi connectivity index (χ2v) is 6.93. The van der Waals surface area contributed by atoms with Gasteiger partial charge in [0.15, 0.2) is 0 Å². The average molecular weight is 409 g/mol. The number of ether oxygens (including phenoxy) is 1. The van der Waals surface area contributed by atoms with Gasteiger partial charge in [0.05, 0.1) is 12.5 Å². The van der Waals surface area contributed by atoms with Crippen molar-refractivity contribution in [1.29, 1.82) is 0 Å². The number of nitrogens with one attached hydrogen (secondary N) is 2. The second-order valence-electron chi connectivity index (χ2n) is 6.50. The number of anilines is 1. The van der Waals surface area contributed by atoms with Gasteiger partial charge in [0.2, 0.25) is 11.8 Å². The topological polar surface area (TPSA) is 67.4 Å². The monoisotopic (exact) mass is 408 g/mol. The van der Waals surface area contributed by atoms with Crippen molar-refractivity contribution in [2.24, 2.45) is 0 Å². The van der Waals surface area contributed by atoms with Gasteiger partial charge in [-0.3, -0.25) is 9.59 Å². The van der Waals surface area contributed by atoms with E-state index < -0.39 is 6.04 Å². The largest absolute Gasteiger partial charge is 0.457 e. The molecule has 0 saturated carbocycles. The molecule has 0 aliphatic carbocycles. The highest BCUT2D eigenvalue weighted by Gasteiger charge is 2.17. The first-order valence-electron chi connectivity index (χ1n) is 9.15. The van der Waals surface area contributed by atoms with E-state index in [9.17, 15) is 9.59 Å². The van der Waals surface area contributed by atoms with Crippen LogP contribution in [0, 0.1) is 0 Å². The maximum Gasteiger partial charge on any atom is 0.226 e. The summed E-state index contributed by atoms with van der Waals surface area (Å²) in [7, 11) is 0. The van der Waals surface area contributed by atoms with Crippen LogP contribution in [0.5, 0.6) is 11.5 Å². The Morgan fingerprint density at radius 1 is 0.897 bits per heavy atom. The molecule has 2 N–H and O–H groups in total. The van der Waals surface area contributed by atoms with Crippen molar-refractivity contribution in [3.05, 3.63) is 89.4 Å². The molecule has 6 heteroatoms. The molecule has 148 valence electrons. The molecule has 1 unspecified atom stereocenters. The lowest BCUT2D eigenvalue weighted by atomic mass is 10.0. The minimum atomic E-state index is -0.439. The van der Waals surface area contributed by atoms with Gasteiger partial charge in [-0.2, -0.15) is 0 Å². The van der Waals surface area contributed by atoms with Crippen molar-refractivity contribution >= 4 is 29.1 Å². The van der Waals surface area contributed by atoms with Crippen LogP contribution in [0.4, 0.5) is 5.69 Å².